The van der Waals surface area contributed by atoms with E-state index in [1.54, 1.807) is 0 Å². The average Bonchev–Trinajstić information content (AvgIpc) is 0.765. The number of nitrogens with zero attached hydrogens (tertiary/aromatic N) is 6. The van der Waals surface area contributed by atoms with Gasteiger partial charge < -0.3 is 31.1 Å². The Bertz CT molecular complexity index is 5190. The Morgan fingerprint density at radius 1 is 0.240 bits per heavy atom. The van der Waals surface area contributed by atoms with Crippen LogP contribution in [0, 0.1) is 0 Å². The summed E-state index contributed by atoms with van der Waals surface area (Å²) in [7, 11) is 0. The molecule has 0 saturated carbocycles. The summed E-state index contributed by atoms with van der Waals surface area (Å²) in [6.07, 6.45) is 8.40. The Morgan fingerprint density at radius 3 is 0.654 bits per heavy atom. The van der Waals surface area contributed by atoms with Crippen molar-refractivity contribution < 1.29 is 19.2 Å². The maximum absolute atomic E-state index is 13.7. The van der Waals surface area contributed by atoms with Crippen LogP contribution in [0.4, 0.5) is 0 Å². The number of hydrogen-bond acceptors (Lipinski definition) is 10. The smallest absolute Gasteiger partial charge is 0.221 e. The highest BCUT2D eigenvalue weighted by Crippen LogP contribution is 2.40. The molecule has 514 valence electrons. The van der Waals surface area contributed by atoms with Gasteiger partial charge in [-0.15, -0.1) is 0 Å². The molecule has 14 heteroatoms. The van der Waals surface area contributed by atoms with Crippen molar-refractivity contribution in [2.75, 3.05) is 91.6 Å². The number of carbonyl (C=O) groups excluding carboxylic acids is 4. The summed E-state index contributed by atoms with van der Waals surface area (Å²) >= 11 is 0. The minimum absolute atomic E-state index is 0.120. The lowest BCUT2D eigenvalue weighted by atomic mass is 9.92. The van der Waals surface area contributed by atoms with Gasteiger partial charge in [0.25, 0.3) is 0 Å². The molecule has 0 radical (unpaired) electrons. The van der Waals surface area contributed by atoms with Crippen LogP contribution in [0.15, 0.2) is 238 Å². The molecule has 0 fully saturated rings. The fraction of sp³-hybridized carbons (Fsp3) is 0.200. The van der Waals surface area contributed by atoms with Crippen molar-refractivity contribution in [3.8, 4) is 0 Å². The first kappa shape index (κ1) is 66.7. The van der Waals surface area contributed by atoms with Gasteiger partial charge in [0.15, 0.2) is 0 Å². The molecule has 16 rings (SSSR count). The monoisotopic (exact) mass is 1360 g/mol. The molecule has 16 aromatic carbocycles. The standard InChI is InChI=1S/C90H80N10O4/c101-79(95-45-41-91-55-71-25-21-67-17-13-59-5-1-9-63-29-33-75(71)87(67)83(59)63)37-49-99(50-38-80(102)96-46-42-92-56-72-26-22-68-18-14-60-6-2-10-64-30-34-76(72)88(68)84(60)64)53-54-100(51-39-81(103)97-47-43-93-57-73-27-23-69-19-15-61-7-3-11-65-31-35-77(73)89(69)85(61)65)52-40-82(104)98-48-44-94-58-74-28-24-70-20-16-62-8-4-12-66-32-36-78(74)90(70)86(62)66/h1-36,55-58H,37-54H2,(H,95,101)(H,96,102)(H,97,103)(H,98,104). The highest BCUT2D eigenvalue weighted by atomic mass is 16.2. The number of carbonyl (C=O) groups is 4. The Labute approximate surface area is 602 Å². The fourth-order valence-corrected chi connectivity index (χ4v) is 15.5. The lowest BCUT2D eigenvalue weighted by Gasteiger charge is -2.27. The van der Waals surface area contributed by atoms with Crippen LogP contribution in [0.1, 0.15) is 47.9 Å². The van der Waals surface area contributed by atoms with Crippen molar-refractivity contribution in [2.24, 2.45) is 20.0 Å². The van der Waals surface area contributed by atoms with Gasteiger partial charge in [-0.25, -0.2) is 0 Å². The summed E-state index contributed by atoms with van der Waals surface area (Å²) < 4.78 is 0. The van der Waals surface area contributed by atoms with E-state index in [0.717, 1.165) is 43.8 Å². The lowest BCUT2D eigenvalue weighted by Crippen LogP contribution is -2.41. The van der Waals surface area contributed by atoms with Crippen LogP contribution in [0.25, 0.3) is 129 Å². The predicted molar refractivity (Wildman–Crippen MR) is 434 cm³/mol. The van der Waals surface area contributed by atoms with Crippen LogP contribution in [0.5, 0.6) is 0 Å². The minimum atomic E-state index is -0.120. The molecular weight excluding hydrogens is 1290 g/mol. The first-order chi connectivity index (χ1) is 51.2. The van der Waals surface area contributed by atoms with E-state index in [9.17, 15) is 19.2 Å². The molecular formula is C90H80N10O4. The van der Waals surface area contributed by atoms with Crippen LogP contribution < -0.4 is 21.3 Å². The van der Waals surface area contributed by atoms with Gasteiger partial charge in [0.1, 0.15) is 0 Å². The zero-order chi connectivity index (χ0) is 70.3. The molecule has 0 aliphatic rings. The van der Waals surface area contributed by atoms with Gasteiger partial charge >= 0.3 is 0 Å². The van der Waals surface area contributed by atoms with Crippen LogP contribution in [-0.2, 0) is 19.2 Å². The van der Waals surface area contributed by atoms with Gasteiger partial charge in [0.2, 0.25) is 23.6 Å². The second-order valence-corrected chi connectivity index (χ2v) is 27.3. The molecule has 0 atom stereocenters. The first-order valence-corrected chi connectivity index (χ1v) is 36.4. The van der Waals surface area contributed by atoms with Gasteiger partial charge in [0, 0.05) is 138 Å². The number of hydrogen-bond donors (Lipinski definition) is 4. The summed E-state index contributed by atoms with van der Waals surface area (Å²) in [5.74, 6) is -0.479. The van der Waals surface area contributed by atoms with Gasteiger partial charge in [-0.05, 0) is 129 Å². The van der Waals surface area contributed by atoms with E-state index in [4.69, 9.17) is 20.0 Å². The Balaban J connectivity index is 0.563. The van der Waals surface area contributed by atoms with Gasteiger partial charge in [0.05, 0.1) is 26.2 Å². The van der Waals surface area contributed by atoms with Crippen LogP contribution in [0.2, 0.25) is 0 Å². The van der Waals surface area contributed by atoms with Gasteiger partial charge in [-0.1, -0.05) is 218 Å². The highest BCUT2D eigenvalue weighted by Gasteiger charge is 2.19. The lowest BCUT2D eigenvalue weighted by molar-refractivity contribution is -0.123. The van der Waals surface area contributed by atoms with E-state index in [1.165, 1.54) is 108 Å². The van der Waals surface area contributed by atoms with Gasteiger partial charge in [-0.3, -0.25) is 39.1 Å². The maximum atomic E-state index is 13.7. The molecule has 0 aliphatic heterocycles. The summed E-state index contributed by atoms with van der Waals surface area (Å²) in [6.45, 7) is 5.56. The third-order valence-electron chi connectivity index (χ3n) is 20.8. The molecule has 0 heterocycles. The summed E-state index contributed by atoms with van der Waals surface area (Å²) in [6, 6.07) is 77.4. The molecule has 14 nitrogen and oxygen atoms in total. The van der Waals surface area contributed by atoms with E-state index in [-0.39, 0.29) is 49.3 Å². The zero-order valence-corrected chi connectivity index (χ0v) is 58.1. The second kappa shape index (κ2) is 30.4. The Kier molecular flexibility index (Phi) is 19.5. The van der Waals surface area contributed by atoms with E-state index >= 15 is 0 Å². The molecule has 0 aromatic heterocycles. The molecule has 0 aliphatic carbocycles. The van der Waals surface area contributed by atoms with Crippen LogP contribution >= 0.6 is 0 Å². The van der Waals surface area contributed by atoms with Crippen molar-refractivity contribution in [2.45, 2.75) is 25.7 Å². The summed E-state index contributed by atoms with van der Waals surface area (Å²) in [4.78, 5) is 78.0. The third kappa shape index (κ3) is 14.1. The molecule has 0 spiro atoms. The zero-order valence-electron chi connectivity index (χ0n) is 58.1. The molecule has 104 heavy (non-hydrogen) atoms. The topological polar surface area (TPSA) is 172 Å². The van der Waals surface area contributed by atoms with Crippen LogP contribution in [-0.4, -0.2) is 150 Å². The normalized spacial score (nSPS) is 12.5. The molecule has 0 saturated heterocycles. The number of aliphatic imine (C=N–C) groups is 4. The minimum Gasteiger partial charge on any atom is -0.354 e. The molecule has 0 unspecified atom stereocenters. The van der Waals surface area contributed by atoms with E-state index in [1.807, 2.05) is 24.9 Å². The predicted octanol–water partition coefficient (Wildman–Crippen LogP) is 15.7. The second-order valence-electron chi connectivity index (χ2n) is 27.3. The Hall–Kier alpha value is -11.8. The number of benzene rings is 16. The SMILES string of the molecule is O=C(CCN(CCC(=O)NCCN=Cc1ccc2ccc3cccc4ccc1c2c34)CCN(CCC(=O)NCCN=Cc1ccc2ccc3cccc4ccc1c2c34)CCC(=O)NCCN=Cc1ccc2ccc3cccc4ccc1c2c34)NCCN=Cc1ccc2ccc3cccc4ccc1c2c34. The van der Waals surface area contributed by atoms with Crippen molar-refractivity contribution in [1.29, 1.82) is 0 Å². The van der Waals surface area contributed by atoms with E-state index in [0.29, 0.717) is 91.6 Å². The van der Waals surface area contributed by atoms with Crippen LogP contribution in [0.3, 0.4) is 0 Å². The van der Waals surface area contributed by atoms with Crippen molar-refractivity contribution in [3.63, 3.8) is 0 Å². The van der Waals surface area contributed by atoms with Gasteiger partial charge in [-0.2, -0.15) is 0 Å². The molecule has 4 amide bonds. The largest absolute Gasteiger partial charge is 0.354 e. The van der Waals surface area contributed by atoms with E-state index < -0.39 is 0 Å². The summed E-state index contributed by atoms with van der Waals surface area (Å²) in [5.41, 5.74) is 4.11. The fourth-order valence-electron chi connectivity index (χ4n) is 15.5. The van der Waals surface area contributed by atoms with Crippen molar-refractivity contribution in [1.82, 2.24) is 31.1 Å². The van der Waals surface area contributed by atoms with E-state index in [2.05, 4.69) is 249 Å². The average molecular weight is 1370 g/mol. The summed E-state index contributed by atoms with van der Waals surface area (Å²) in [5, 5.41) is 41.3. The quantitative estimate of drug-likeness (QED) is 0.0191. The Morgan fingerprint density at radius 2 is 0.433 bits per heavy atom. The highest BCUT2D eigenvalue weighted by molar-refractivity contribution is 6.29. The third-order valence-corrected chi connectivity index (χ3v) is 20.8. The number of rotatable bonds is 31. The molecule has 16 aromatic rings. The molecule has 4 N–H and O–H groups in total. The molecule has 0 bridgehead atoms. The first-order valence-electron chi connectivity index (χ1n) is 36.4. The van der Waals surface area contributed by atoms with Crippen molar-refractivity contribution in [3.05, 3.63) is 241 Å². The van der Waals surface area contributed by atoms with Crippen molar-refractivity contribution >= 4 is 178 Å². The maximum Gasteiger partial charge on any atom is 0.221 e. The number of amides is 4. The number of nitrogens with one attached hydrogen (secondary N) is 4.